The molecule has 0 aliphatic carbocycles. The van der Waals surface area contributed by atoms with Crippen molar-refractivity contribution in [1.29, 1.82) is 0 Å². The van der Waals surface area contributed by atoms with Crippen LogP contribution in [-0.4, -0.2) is 27.4 Å². The fourth-order valence-corrected chi connectivity index (χ4v) is 3.71. The summed E-state index contributed by atoms with van der Waals surface area (Å²) in [5, 5.41) is 7.34. The number of nitrogens with zero attached hydrogens (tertiary/aromatic N) is 6. The van der Waals surface area contributed by atoms with Crippen LogP contribution in [0.5, 0.6) is 0 Å². The molecule has 0 saturated carbocycles. The van der Waals surface area contributed by atoms with Crippen LogP contribution in [0.2, 0.25) is 0 Å². The molecule has 2 aromatic heterocycles. The minimum absolute atomic E-state index is 0.479. The number of pyridine rings is 1. The fraction of sp³-hybridized carbons (Fsp3) is 0.400. The van der Waals surface area contributed by atoms with Crippen LogP contribution in [-0.2, 0) is 19.4 Å². The molecule has 0 unspecified atom stereocenters. The van der Waals surface area contributed by atoms with Crippen molar-refractivity contribution in [1.82, 2.24) is 14.5 Å². The van der Waals surface area contributed by atoms with Gasteiger partial charge in [-0.05, 0) is 30.9 Å². The minimum Gasteiger partial charge on any atom is -0.330 e. The van der Waals surface area contributed by atoms with Crippen LogP contribution in [0.1, 0.15) is 62.2 Å². The summed E-state index contributed by atoms with van der Waals surface area (Å²) in [6.07, 6.45) is 10.9. The summed E-state index contributed by atoms with van der Waals surface area (Å²) in [6, 6.07) is 12.0. The molecule has 7 heteroatoms. The van der Waals surface area contributed by atoms with E-state index in [0.29, 0.717) is 5.84 Å². The van der Waals surface area contributed by atoms with Gasteiger partial charge in [0.25, 0.3) is 0 Å². The highest BCUT2D eigenvalue weighted by Gasteiger charge is 2.12. The normalized spacial score (nSPS) is 12.0. The van der Waals surface area contributed by atoms with Gasteiger partial charge in [0.1, 0.15) is 5.82 Å². The van der Waals surface area contributed by atoms with Gasteiger partial charge in [-0.2, -0.15) is 0 Å². The zero-order chi connectivity index (χ0) is 22.8. The molecule has 2 heterocycles. The molecule has 0 spiro atoms. The van der Waals surface area contributed by atoms with Crippen LogP contribution in [0.15, 0.2) is 64.1 Å². The summed E-state index contributed by atoms with van der Waals surface area (Å²) in [5.41, 5.74) is 4.99. The maximum Gasteiger partial charge on any atom is 0.179 e. The first-order chi connectivity index (χ1) is 15.7. The Kier molecular flexibility index (Phi) is 8.66. The van der Waals surface area contributed by atoms with Gasteiger partial charge in [0.2, 0.25) is 0 Å². The molecule has 1 aromatic carbocycles. The van der Waals surface area contributed by atoms with E-state index in [1.54, 1.807) is 7.05 Å². The van der Waals surface area contributed by atoms with Crippen molar-refractivity contribution in [3.05, 3.63) is 71.4 Å². The zero-order valence-electron chi connectivity index (χ0n) is 19.3. The predicted molar refractivity (Wildman–Crippen MR) is 130 cm³/mol. The van der Waals surface area contributed by atoms with Gasteiger partial charge in [-0.25, -0.2) is 4.98 Å². The largest absolute Gasteiger partial charge is 0.330 e. The predicted octanol–water partition coefficient (Wildman–Crippen LogP) is 5.38. The summed E-state index contributed by atoms with van der Waals surface area (Å²) in [4.78, 5) is 13.8. The number of amidine groups is 1. The van der Waals surface area contributed by atoms with Crippen molar-refractivity contribution in [3.8, 4) is 11.3 Å². The topological polar surface area (TPSA) is 93.8 Å². The molecule has 3 aromatic rings. The van der Waals surface area contributed by atoms with E-state index in [0.717, 1.165) is 48.2 Å². The first-order valence-corrected chi connectivity index (χ1v) is 11.4. The van der Waals surface area contributed by atoms with Crippen LogP contribution in [0.4, 0.5) is 0 Å². The van der Waals surface area contributed by atoms with Crippen molar-refractivity contribution in [3.63, 3.8) is 0 Å². The molecule has 0 aliphatic rings. The van der Waals surface area contributed by atoms with Crippen molar-refractivity contribution in [2.75, 3.05) is 7.05 Å². The molecule has 0 amide bonds. The monoisotopic (exact) mass is 431 g/mol. The maximum absolute atomic E-state index is 5.25. The van der Waals surface area contributed by atoms with Crippen LogP contribution in [0.3, 0.4) is 0 Å². The fourth-order valence-electron chi connectivity index (χ4n) is 3.71. The zero-order valence-corrected chi connectivity index (χ0v) is 19.3. The molecule has 0 fully saturated rings. The second-order valence-corrected chi connectivity index (χ2v) is 7.84. The van der Waals surface area contributed by atoms with Gasteiger partial charge in [0, 0.05) is 37.0 Å². The molecule has 0 aliphatic heterocycles. The molecule has 0 atom stereocenters. The Hall–Kier alpha value is -3.35. The molecule has 0 saturated heterocycles. The molecule has 0 radical (unpaired) electrons. The third-order valence-electron chi connectivity index (χ3n) is 5.44. The number of hydrogen-bond donors (Lipinski definition) is 1. The van der Waals surface area contributed by atoms with Crippen molar-refractivity contribution >= 4 is 5.84 Å². The number of benzene rings is 1. The maximum atomic E-state index is 5.25. The van der Waals surface area contributed by atoms with Gasteiger partial charge in [-0.1, -0.05) is 62.2 Å². The van der Waals surface area contributed by atoms with E-state index >= 15 is 0 Å². The smallest absolute Gasteiger partial charge is 0.179 e. The Morgan fingerprint density at radius 2 is 1.81 bits per heavy atom. The SMILES string of the molecule is CCCCc1cn(Cc2ccc(-c3ccccc3C(N=NN)=NC)nc2)c(CCCC)n1. The number of aliphatic imine (C=N–C) groups is 1. The van der Waals surface area contributed by atoms with Crippen LogP contribution < -0.4 is 5.84 Å². The van der Waals surface area contributed by atoms with Crippen LogP contribution >= 0.6 is 0 Å². The average molecular weight is 432 g/mol. The molecule has 168 valence electrons. The van der Waals surface area contributed by atoms with Crippen molar-refractivity contribution in [2.24, 2.45) is 21.2 Å². The highest BCUT2D eigenvalue weighted by atomic mass is 15.3. The first kappa shape index (κ1) is 23.3. The molecule has 0 bridgehead atoms. The van der Waals surface area contributed by atoms with E-state index in [9.17, 15) is 0 Å². The standard InChI is InChI=1S/C25H33N7/c1-4-6-10-20-18-32(24(29-20)13-7-5-2)17-19-14-15-23(28-16-19)21-11-8-9-12-22(21)25(27-3)30-31-26/h8-9,11-12,14-16,18H,4-7,10,13,17H2,1-3H3,(H2,26,27,30). The Morgan fingerprint density at radius 1 is 1.03 bits per heavy atom. The first-order valence-electron chi connectivity index (χ1n) is 11.4. The number of unbranched alkanes of at least 4 members (excludes halogenated alkanes) is 2. The second-order valence-electron chi connectivity index (χ2n) is 7.84. The Balaban J connectivity index is 1.84. The van der Waals surface area contributed by atoms with Gasteiger partial charge < -0.3 is 10.4 Å². The number of rotatable bonds is 10. The number of hydrogen-bond acceptors (Lipinski definition) is 4. The summed E-state index contributed by atoms with van der Waals surface area (Å²) >= 11 is 0. The van der Waals surface area contributed by atoms with Gasteiger partial charge in [-0.15, -0.1) is 5.11 Å². The molecule has 7 nitrogen and oxygen atoms in total. The number of nitrogens with two attached hydrogens (primary N) is 1. The number of imidazole rings is 1. The molecular weight excluding hydrogens is 398 g/mol. The van der Waals surface area contributed by atoms with E-state index in [-0.39, 0.29) is 0 Å². The molecule has 32 heavy (non-hydrogen) atoms. The second kappa shape index (κ2) is 11.9. The van der Waals surface area contributed by atoms with E-state index in [1.165, 1.54) is 30.8 Å². The number of aryl methyl sites for hydroxylation is 2. The van der Waals surface area contributed by atoms with E-state index < -0.39 is 0 Å². The lowest BCUT2D eigenvalue weighted by Gasteiger charge is -2.10. The lowest BCUT2D eigenvalue weighted by Crippen LogP contribution is -2.05. The summed E-state index contributed by atoms with van der Waals surface area (Å²) < 4.78 is 2.29. The Bertz CT molecular complexity index is 1050. The third kappa shape index (κ3) is 5.87. The van der Waals surface area contributed by atoms with E-state index in [4.69, 9.17) is 15.8 Å². The lowest BCUT2D eigenvalue weighted by molar-refractivity contribution is 0.677. The molecular formula is C25H33N7. The van der Waals surface area contributed by atoms with Gasteiger partial charge in [-0.3, -0.25) is 9.98 Å². The van der Waals surface area contributed by atoms with Gasteiger partial charge in [0.15, 0.2) is 5.84 Å². The average Bonchev–Trinajstić information content (AvgIpc) is 3.21. The van der Waals surface area contributed by atoms with E-state index in [2.05, 4.69) is 46.0 Å². The van der Waals surface area contributed by atoms with E-state index in [1.807, 2.05) is 36.5 Å². The summed E-state index contributed by atoms with van der Waals surface area (Å²) in [5.74, 6) is 6.90. The highest BCUT2D eigenvalue weighted by molar-refractivity contribution is 6.04. The molecule has 2 N–H and O–H groups in total. The summed E-state index contributed by atoms with van der Waals surface area (Å²) in [7, 11) is 1.67. The summed E-state index contributed by atoms with van der Waals surface area (Å²) in [6.45, 7) is 5.21. The van der Waals surface area contributed by atoms with Gasteiger partial charge in [0.05, 0.1) is 17.9 Å². The minimum atomic E-state index is 0.479. The van der Waals surface area contributed by atoms with Crippen LogP contribution in [0.25, 0.3) is 11.3 Å². The van der Waals surface area contributed by atoms with Gasteiger partial charge >= 0.3 is 0 Å². The third-order valence-corrected chi connectivity index (χ3v) is 5.44. The Morgan fingerprint density at radius 3 is 2.50 bits per heavy atom. The number of aromatic nitrogens is 3. The molecule has 3 rings (SSSR count). The lowest BCUT2D eigenvalue weighted by atomic mass is 10.0. The Labute approximate surface area is 190 Å². The quantitative estimate of drug-likeness (QED) is 0.153. The van der Waals surface area contributed by atoms with Crippen LogP contribution in [0, 0.1) is 0 Å². The highest BCUT2D eigenvalue weighted by Crippen LogP contribution is 2.23. The van der Waals surface area contributed by atoms with Crippen molar-refractivity contribution < 1.29 is 0 Å². The van der Waals surface area contributed by atoms with Crippen molar-refractivity contribution in [2.45, 2.75) is 58.9 Å².